The third kappa shape index (κ3) is 1.88. The van der Waals surface area contributed by atoms with E-state index in [0.717, 1.165) is 5.56 Å². The van der Waals surface area contributed by atoms with Crippen LogP contribution in [0, 0.1) is 5.92 Å². The molecule has 0 N–H and O–H groups in total. The van der Waals surface area contributed by atoms with Crippen molar-refractivity contribution in [3.63, 3.8) is 0 Å². The van der Waals surface area contributed by atoms with Gasteiger partial charge >= 0.3 is 0 Å². The van der Waals surface area contributed by atoms with E-state index < -0.39 is 0 Å². The maximum Gasteiger partial charge on any atom is 0.0630 e. The van der Waals surface area contributed by atoms with Gasteiger partial charge in [0.05, 0.1) is 10.0 Å². The van der Waals surface area contributed by atoms with Crippen molar-refractivity contribution in [2.45, 2.75) is 13.8 Å². The molecule has 1 aromatic rings. The van der Waals surface area contributed by atoms with E-state index in [1.807, 2.05) is 26.0 Å². The van der Waals surface area contributed by atoms with Crippen LogP contribution in [0.15, 0.2) is 18.2 Å². The molecule has 0 spiro atoms. The zero-order valence-electron chi connectivity index (χ0n) is 6.49. The van der Waals surface area contributed by atoms with Gasteiger partial charge in [0.25, 0.3) is 0 Å². The van der Waals surface area contributed by atoms with Crippen molar-refractivity contribution in [1.29, 1.82) is 0 Å². The Morgan fingerprint density at radius 3 is 2.27 bits per heavy atom. The molecule has 0 bridgehead atoms. The smallest absolute Gasteiger partial charge is 0.0630 e. The summed E-state index contributed by atoms with van der Waals surface area (Å²) in [5.74, 6) is 1.18. The average molecular weight is 188 g/mol. The van der Waals surface area contributed by atoms with Gasteiger partial charge in [0.1, 0.15) is 0 Å². The molecule has 0 atom stereocenters. The summed E-state index contributed by atoms with van der Waals surface area (Å²) < 4.78 is 0. The predicted octanol–water partition coefficient (Wildman–Crippen LogP) is 3.96. The Morgan fingerprint density at radius 1 is 1.18 bits per heavy atom. The van der Waals surface area contributed by atoms with Gasteiger partial charge in [-0.3, -0.25) is 0 Å². The Labute approximate surface area is 77.1 Å². The van der Waals surface area contributed by atoms with Gasteiger partial charge < -0.3 is 0 Å². The van der Waals surface area contributed by atoms with Gasteiger partial charge in [-0.05, 0) is 11.6 Å². The van der Waals surface area contributed by atoms with Crippen LogP contribution in [0.25, 0.3) is 0 Å². The number of hydrogen-bond acceptors (Lipinski definition) is 0. The molecule has 0 fully saturated rings. The number of hydrogen-bond donors (Lipinski definition) is 0. The van der Waals surface area contributed by atoms with Crippen molar-refractivity contribution in [3.05, 3.63) is 39.7 Å². The first-order valence-corrected chi connectivity index (χ1v) is 4.13. The molecule has 0 aliphatic carbocycles. The summed E-state index contributed by atoms with van der Waals surface area (Å²) in [4.78, 5) is 0. The molecule has 2 heteroatoms. The highest BCUT2D eigenvalue weighted by molar-refractivity contribution is 6.42. The van der Waals surface area contributed by atoms with Gasteiger partial charge in [0.15, 0.2) is 0 Å². The quantitative estimate of drug-likeness (QED) is 0.625. The van der Waals surface area contributed by atoms with Gasteiger partial charge in [-0.2, -0.15) is 0 Å². The molecule has 0 aliphatic heterocycles. The molecule has 0 saturated carbocycles. The van der Waals surface area contributed by atoms with E-state index in [4.69, 9.17) is 23.2 Å². The van der Waals surface area contributed by atoms with Gasteiger partial charge in [-0.15, -0.1) is 0 Å². The molecule has 59 valence electrons. The molecular formula is C9H9Cl2. The van der Waals surface area contributed by atoms with E-state index in [2.05, 4.69) is 0 Å². The number of halogens is 2. The first-order valence-electron chi connectivity index (χ1n) is 3.37. The number of rotatable bonds is 1. The van der Waals surface area contributed by atoms with Crippen LogP contribution in [-0.4, -0.2) is 0 Å². The zero-order chi connectivity index (χ0) is 8.43. The van der Waals surface area contributed by atoms with Crippen LogP contribution >= 0.6 is 23.2 Å². The molecule has 1 radical (unpaired) electrons. The molecule has 0 aliphatic rings. The van der Waals surface area contributed by atoms with Crippen LogP contribution < -0.4 is 0 Å². The van der Waals surface area contributed by atoms with Crippen molar-refractivity contribution >= 4 is 23.2 Å². The Kier molecular flexibility index (Phi) is 2.80. The molecular weight excluding hydrogens is 179 g/mol. The highest BCUT2D eigenvalue weighted by atomic mass is 35.5. The van der Waals surface area contributed by atoms with Gasteiger partial charge in [0, 0.05) is 5.92 Å². The molecule has 0 aromatic heterocycles. The first kappa shape index (κ1) is 8.89. The standard InChI is InChI=1S/C9H9Cl2/c1-6(2)7-4-3-5-8(10)9(7)11/h3-5H,1-2H3. The second-order valence-electron chi connectivity index (χ2n) is 2.60. The highest BCUT2D eigenvalue weighted by Crippen LogP contribution is 2.29. The van der Waals surface area contributed by atoms with Gasteiger partial charge in [0.2, 0.25) is 0 Å². The minimum Gasteiger partial charge on any atom is -0.0827 e. The monoisotopic (exact) mass is 187 g/mol. The highest BCUT2D eigenvalue weighted by Gasteiger charge is 2.06. The van der Waals surface area contributed by atoms with Crippen LogP contribution in [0.4, 0.5) is 0 Å². The average Bonchev–Trinajstić information content (AvgIpc) is 1.94. The summed E-state index contributed by atoms with van der Waals surface area (Å²) in [5.41, 5.74) is 1.03. The summed E-state index contributed by atoms with van der Waals surface area (Å²) in [7, 11) is 0. The molecule has 1 rings (SSSR count). The first-order chi connectivity index (χ1) is 5.13. The van der Waals surface area contributed by atoms with Gasteiger partial charge in [-0.1, -0.05) is 49.2 Å². The molecule has 0 nitrogen and oxygen atoms in total. The summed E-state index contributed by atoms with van der Waals surface area (Å²) in [5, 5.41) is 1.26. The van der Waals surface area contributed by atoms with Crippen LogP contribution in [0.2, 0.25) is 10.0 Å². The minimum absolute atomic E-state index is 0.616. The maximum atomic E-state index is 5.94. The molecule has 1 aromatic carbocycles. The lowest BCUT2D eigenvalue weighted by Gasteiger charge is -2.07. The summed E-state index contributed by atoms with van der Waals surface area (Å²) in [6.45, 7) is 4.02. The van der Waals surface area contributed by atoms with E-state index in [1.165, 1.54) is 5.92 Å². The fourth-order valence-corrected chi connectivity index (χ4v) is 1.38. The second-order valence-corrected chi connectivity index (χ2v) is 3.39. The Morgan fingerprint density at radius 2 is 1.82 bits per heavy atom. The van der Waals surface area contributed by atoms with E-state index >= 15 is 0 Å². The maximum absolute atomic E-state index is 5.94. The summed E-state index contributed by atoms with van der Waals surface area (Å²) >= 11 is 11.7. The number of benzene rings is 1. The van der Waals surface area contributed by atoms with Crippen LogP contribution in [0.1, 0.15) is 19.4 Å². The van der Waals surface area contributed by atoms with Crippen molar-refractivity contribution in [2.75, 3.05) is 0 Å². The Balaban J connectivity index is 3.17. The lowest BCUT2D eigenvalue weighted by Crippen LogP contribution is -1.89. The van der Waals surface area contributed by atoms with E-state index in [9.17, 15) is 0 Å². The van der Waals surface area contributed by atoms with Gasteiger partial charge in [-0.25, -0.2) is 0 Å². The predicted molar refractivity (Wildman–Crippen MR) is 50.2 cm³/mol. The zero-order valence-corrected chi connectivity index (χ0v) is 8.00. The largest absolute Gasteiger partial charge is 0.0827 e. The minimum atomic E-state index is 0.616. The van der Waals surface area contributed by atoms with E-state index in [-0.39, 0.29) is 0 Å². The van der Waals surface area contributed by atoms with E-state index in [0.29, 0.717) is 10.0 Å². The lowest BCUT2D eigenvalue weighted by molar-refractivity contribution is 1.15. The SMILES string of the molecule is C[C](C)c1cccc(Cl)c1Cl. The molecule has 0 unspecified atom stereocenters. The molecule has 11 heavy (non-hydrogen) atoms. The summed E-state index contributed by atoms with van der Waals surface area (Å²) in [6.07, 6.45) is 0. The fourth-order valence-electron chi connectivity index (χ4n) is 0.890. The molecule has 0 saturated heterocycles. The van der Waals surface area contributed by atoms with Crippen molar-refractivity contribution in [3.8, 4) is 0 Å². The Bertz CT molecular complexity index is 254. The van der Waals surface area contributed by atoms with Crippen LogP contribution in [-0.2, 0) is 0 Å². The fraction of sp³-hybridized carbons (Fsp3) is 0.222. The van der Waals surface area contributed by atoms with Crippen LogP contribution in [0.5, 0.6) is 0 Å². The van der Waals surface area contributed by atoms with Crippen molar-refractivity contribution in [2.24, 2.45) is 0 Å². The van der Waals surface area contributed by atoms with Crippen molar-refractivity contribution < 1.29 is 0 Å². The second kappa shape index (κ2) is 3.46. The topological polar surface area (TPSA) is 0 Å². The molecule has 0 heterocycles. The Hall–Kier alpha value is -0.200. The third-order valence-electron chi connectivity index (χ3n) is 1.49. The van der Waals surface area contributed by atoms with Crippen molar-refractivity contribution in [1.82, 2.24) is 0 Å². The normalized spacial score (nSPS) is 10.6. The van der Waals surface area contributed by atoms with Crippen LogP contribution in [0.3, 0.4) is 0 Å². The lowest BCUT2D eigenvalue weighted by atomic mass is 10.0. The third-order valence-corrected chi connectivity index (χ3v) is 2.31. The molecule has 0 amide bonds. The summed E-state index contributed by atoms with van der Waals surface area (Å²) in [6, 6.07) is 5.65. The van der Waals surface area contributed by atoms with E-state index in [1.54, 1.807) is 6.07 Å².